The van der Waals surface area contributed by atoms with Crippen LogP contribution >= 0.6 is 11.3 Å². The maximum absolute atomic E-state index is 14.2. The van der Waals surface area contributed by atoms with Crippen LogP contribution in [-0.4, -0.2) is 18.8 Å². The number of nitrogens with zero attached hydrogens (tertiary/aromatic N) is 2. The summed E-state index contributed by atoms with van der Waals surface area (Å²) in [4.78, 5) is 5.13. The van der Waals surface area contributed by atoms with Crippen molar-refractivity contribution >= 4 is 17.0 Å². The fourth-order valence-corrected chi connectivity index (χ4v) is 4.26. The number of methoxy groups -OCH3 is 2. The second kappa shape index (κ2) is 9.22. The molecule has 0 amide bonds. The van der Waals surface area contributed by atoms with E-state index >= 15 is 0 Å². The molecule has 4 nitrogen and oxygen atoms in total. The minimum atomic E-state index is -0.686. The number of benzene rings is 2. The van der Waals surface area contributed by atoms with Gasteiger partial charge in [0.05, 0.1) is 19.9 Å². The lowest BCUT2D eigenvalue weighted by atomic mass is 10.1. The van der Waals surface area contributed by atoms with Gasteiger partial charge in [-0.15, -0.1) is 11.3 Å². The smallest absolute Gasteiger partial charge is 0.190 e. The first-order valence-electron chi connectivity index (χ1n) is 9.40. The second-order valence-corrected chi connectivity index (χ2v) is 7.52. The third-order valence-corrected chi connectivity index (χ3v) is 5.54. The van der Waals surface area contributed by atoms with E-state index in [4.69, 9.17) is 9.47 Å². The summed E-state index contributed by atoms with van der Waals surface area (Å²) in [5, 5.41) is 1.98. The van der Waals surface area contributed by atoms with E-state index in [9.17, 15) is 8.78 Å². The van der Waals surface area contributed by atoms with Gasteiger partial charge in [0.25, 0.3) is 0 Å². The highest BCUT2D eigenvalue weighted by Gasteiger charge is 2.18. The summed E-state index contributed by atoms with van der Waals surface area (Å²) >= 11 is 1.41. The van der Waals surface area contributed by atoms with Crippen molar-refractivity contribution in [2.45, 2.75) is 32.7 Å². The Morgan fingerprint density at radius 3 is 2.55 bits per heavy atom. The largest absolute Gasteiger partial charge is 0.497 e. The van der Waals surface area contributed by atoms with Crippen molar-refractivity contribution in [2.24, 2.45) is 4.99 Å². The Bertz CT molecular complexity index is 1060. The van der Waals surface area contributed by atoms with Crippen molar-refractivity contribution in [1.29, 1.82) is 0 Å². The molecule has 0 saturated heterocycles. The molecule has 3 rings (SSSR count). The van der Waals surface area contributed by atoms with Crippen LogP contribution in [0.5, 0.6) is 11.5 Å². The molecular weight excluding hydrogens is 394 g/mol. The molecular formula is C22H24F2N2O2S. The van der Waals surface area contributed by atoms with E-state index < -0.39 is 11.6 Å². The average Bonchev–Trinajstić information content (AvgIpc) is 3.13. The molecule has 29 heavy (non-hydrogen) atoms. The van der Waals surface area contributed by atoms with Crippen molar-refractivity contribution < 1.29 is 18.3 Å². The van der Waals surface area contributed by atoms with Crippen LogP contribution in [0.2, 0.25) is 0 Å². The van der Waals surface area contributed by atoms with E-state index in [1.54, 1.807) is 14.2 Å². The number of aromatic nitrogens is 1. The number of hydrogen-bond donors (Lipinski definition) is 0. The monoisotopic (exact) mass is 418 g/mol. The molecule has 0 N–H and O–H groups in total. The van der Waals surface area contributed by atoms with Crippen LogP contribution in [0.3, 0.4) is 0 Å². The van der Waals surface area contributed by atoms with Crippen molar-refractivity contribution in [2.75, 3.05) is 14.2 Å². The summed E-state index contributed by atoms with van der Waals surface area (Å²) < 4.78 is 40.5. The number of halogens is 2. The predicted octanol–water partition coefficient (Wildman–Crippen LogP) is 6.11. The SMILES string of the molecule is CCCC(C)n1c(-c2cc(OC)ccc2OC)csc1=Nc1ccc(F)cc1F. The molecule has 0 aliphatic rings. The maximum Gasteiger partial charge on any atom is 0.190 e. The van der Waals surface area contributed by atoms with Crippen LogP contribution in [-0.2, 0) is 0 Å². The van der Waals surface area contributed by atoms with E-state index in [1.165, 1.54) is 23.5 Å². The lowest BCUT2D eigenvalue weighted by Crippen LogP contribution is -2.20. The molecule has 2 aromatic carbocycles. The zero-order valence-corrected chi connectivity index (χ0v) is 17.7. The van der Waals surface area contributed by atoms with Gasteiger partial charge in [-0.05, 0) is 43.7 Å². The summed E-state index contributed by atoms with van der Waals surface area (Å²) in [7, 11) is 3.24. The molecule has 1 aromatic heterocycles. The van der Waals surface area contributed by atoms with Crippen molar-refractivity contribution in [3.63, 3.8) is 0 Å². The molecule has 0 spiro atoms. The van der Waals surface area contributed by atoms with E-state index in [-0.39, 0.29) is 11.7 Å². The van der Waals surface area contributed by atoms with Gasteiger partial charge in [-0.1, -0.05) is 13.3 Å². The number of thiazole rings is 1. The molecule has 3 aromatic rings. The molecule has 0 aliphatic carbocycles. The Morgan fingerprint density at radius 1 is 1.10 bits per heavy atom. The Kier molecular flexibility index (Phi) is 6.69. The molecule has 0 radical (unpaired) electrons. The van der Waals surface area contributed by atoms with Gasteiger partial charge in [0.15, 0.2) is 10.6 Å². The fourth-order valence-electron chi connectivity index (χ4n) is 3.26. The summed E-state index contributed by atoms with van der Waals surface area (Å²) in [6.07, 6.45) is 1.91. The molecule has 7 heteroatoms. The highest BCUT2D eigenvalue weighted by atomic mass is 32.1. The van der Waals surface area contributed by atoms with Crippen molar-refractivity contribution in [3.05, 3.63) is 58.2 Å². The third kappa shape index (κ3) is 4.50. The minimum Gasteiger partial charge on any atom is -0.497 e. The van der Waals surface area contributed by atoms with E-state index in [2.05, 4.69) is 23.4 Å². The lowest BCUT2D eigenvalue weighted by molar-refractivity contribution is 0.403. The average molecular weight is 419 g/mol. The number of ether oxygens (including phenoxy) is 2. The zero-order valence-electron chi connectivity index (χ0n) is 16.9. The van der Waals surface area contributed by atoms with Gasteiger partial charge in [-0.25, -0.2) is 13.8 Å². The normalized spacial score (nSPS) is 12.8. The van der Waals surface area contributed by atoms with Gasteiger partial charge < -0.3 is 14.0 Å². The predicted molar refractivity (Wildman–Crippen MR) is 112 cm³/mol. The van der Waals surface area contributed by atoms with E-state index in [0.717, 1.165) is 30.2 Å². The first kappa shape index (κ1) is 21.0. The van der Waals surface area contributed by atoms with Crippen LogP contribution < -0.4 is 14.3 Å². The molecule has 1 unspecified atom stereocenters. The van der Waals surface area contributed by atoms with Crippen LogP contribution in [0.4, 0.5) is 14.5 Å². The Labute approximate surface area is 173 Å². The summed E-state index contributed by atoms with van der Waals surface area (Å²) in [5.74, 6) is 0.112. The van der Waals surface area contributed by atoms with Gasteiger partial charge in [-0.2, -0.15) is 0 Å². The summed E-state index contributed by atoms with van der Waals surface area (Å²) in [6.45, 7) is 4.22. The van der Waals surface area contributed by atoms with Gasteiger partial charge in [0, 0.05) is 23.1 Å². The standard InChI is InChI=1S/C22H24F2N2O2S/c1-5-6-14(2)26-20(17-12-16(27-3)8-10-21(17)28-4)13-29-22(26)25-19-9-7-15(23)11-18(19)24/h7-14H,5-6H2,1-4H3. The Hall–Kier alpha value is -2.67. The maximum atomic E-state index is 14.2. The highest BCUT2D eigenvalue weighted by molar-refractivity contribution is 7.07. The first-order valence-corrected chi connectivity index (χ1v) is 10.3. The number of rotatable bonds is 7. The first-order chi connectivity index (χ1) is 14.0. The van der Waals surface area contributed by atoms with Crippen LogP contribution in [0, 0.1) is 11.6 Å². The summed E-state index contributed by atoms with van der Waals surface area (Å²) in [6, 6.07) is 9.15. The van der Waals surface area contributed by atoms with Crippen LogP contribution in [0.15, 0.2) is 46.8 Å². The molecule has 0 bridgehead atoms. The van der Waals surface area contributed by atoms with Gasteiger partial charge in [-0.3, -0.25) is 0 Å². The van der Waals surface area contributed by atoms with E-state index in [0.29, 0.717) is 16.3 Å². The van der Waals surface area contributed by atoms with Gasteiger partial charge in [0.1, 0.15) is 23.0 Å². The molecule has 1 heterocycles. The van der Waals surface area contributed by atoms with Crippen molar-refractivity contribution in [1.82, 2.24) is 4.57 Å². The zero-order chi connectivity index (χ0) is 21.0. The second-order valence-electron chi connectivity index (χ2n) is 6.68. The molecule has 1 atom stereocenters. The van der Waals surface area contributed by atoms with E-state index in [1.807, 2.05) is 23.6 Å². The van der Waals surface area contributed by atoms with Crippen LogP contribution in [0.1, 0.15) is 32.7 Å². The van der Waals surface area contributed by atoms with Crippen molar-refractivity contribution in [3.8, 4) is 22.8 Å². The third-order valence-electron chi connectivity index (χ3n) is 4.70. The molecule has 0 aliphatic heterocycles. The molecule has 0 fully saturated rings. The lowest BCUT2D eigenvalue weighted by Gasteiger charge is -2.18. The quantitative estimate of drug-likeness (QED) is 0.464. The molecule has 154 valence electrons. The fraction of sp³-hybridized carbons (Fsp3) is 0.318. The van der Waals surface area contributed by atoms with Crippen LogP contribution in [0.25, 0.3) is 11.3 Å². The van der Waals surface area contributed by atoms with Gasteiger partial charge >= 0.3 is 0 Å². The topological polar surface area (TPSA) is 35.8 Å². The Morgan fingerprint density at radius 2 is 1.90 bits per heavy atom. The molecule has 0 saturated carbocycles. The number of hydrogen-bond acceptors (Lipinski definition) is 4. The van der Waals surface area contributed by atoms with Gasteiger partial charge in [0.2, 0.25) is 0 Å². The minimum absolute atomic E-state index is 0.106. The summed E-state index contributed by atoms with van der Waals surface area (Å²) in [5.41, 5.74) is 1.88. The Balaban J connectivity index is 2.24. The highest BCUT2D eigenvalue weighted by Crippen LogP contribution is 2.35.